The van der Waals surface area contributed by atoms with Crippen molar-refractivity contribution in [3.8, 4) is 5.75 Å². The summed E-state index contributed by atoms with van der Waals surface area (Å²) in [7, 11) is 0. The fourth-order valence-electron chi connectivity index (χ4n) is 4.44. The average molecular weight is 546 g/mol. The number of fused-ring (bicyclic) bond motifs is 2. The standard InChI is InChI=1S/C26H26ClF2N5O4/c1-2-36-22-11-20-16(25(31-14-30-20)32-15-3-4-18(28)17(27)9-15)10-21(22)33-26(35)19(29)5-6-34-12-23-24(13-34)38-8-7-37-23/h3-5,9-11,14,23-24H,2,6-8,12-13H2,1H3,(H,33,35)(H,30,31,32)/b19-5-. The van der Waals surface area contributed by atoms with Gasteiger partial charge in [-0.1, -0.05) is 11.6 Å². The Morgan fingerprint density at radius 3 is 2.68 bits per heavy atom. The summed E-state index contributed by atoms with van der Waals surface area (Å²) in [5.41, 5.74) is 1.27. The number of carbonyl (C=O) groups excluding carboxylic acids is 1. The third-order valence-electron chi connectivity index (χ3n) is 6.25. The van der Waals surface area contributed by atoms with Crippen LogP contribution in [0, 0.1) is 5.82 Å². The minimum Gasteiger partial charge on any atom is -0.492 e. The highest BCUT2D eigenvalue weighted by Crippen LogP contribution is 2.34. The van der Waals surface area contributed by atoms with Gasteiger partial charge in [-0.2, -0.15) is 0 Å². The molecule has 9 nitrogen and oxygen atoms in total. The van der Waals surface area contributed by atoms with E-state index in [2.05, 4.69) is 20.6 Å². The Balaban J connectivity index is 1.35. The Bertz CT molecular complexity index is 1360. The molecule has 2 aliphatic heterocycles. The van der Waals surface area contributed by atoms with Crippen molar-refractivity contribution in [1.29, 1.82) is 0 Å². The van der Waals surface area contributed by atoms with Gasteiger partial charge in [-0.3, -0.25) is 9.69 Å². The quantitative estimate of drug-likeness (QED) is 0.401. The minimum absolute atomic E-state index is 0.0312. The second kappa shape index (κ2) is 11.6. The average Bonchev–Trinajstić information content (AvgIpc) is 3.33. The van der Waals surface area contributed by atoms with Gasteiger partial charge in [-0.15, -0.1) is 0 Å². The Labute approximate surface area is 222 Å². The number of benzene rings is 2. The first-order valence-corrected chi connectivity index (χ1v) is 12.5. The van der Waals surface area contributed by atoms with Crippen molar-refractivity contribution in [2.24, 2.45) is 0 Å². The lowest BCUT2D eigenvalue weighted by molar-refractivity contribution is -0.116. The maximum absolute atomic E-state index is 14.8. The van der Waals surface area contributed by atoms with Gasteiger partial charge in [0.2, 0.25) is 0 Å². The molecule has 0 spiro atoms. The molecule has 5 rings (SSSR count). The van der Waals surface area contributed by atoms with Crippen molar-refractivity contribution in [2.75, 3.05) is 50.1 Å². The lowest BCUT2D eigenvalue weighted by Gasteiger charge is -2.24. The first kappa shape index (κ1) is 26.2. The molecule has 200 valence electrons. The molecule has 3 aromatic rings. The van der Waals surface area contributed by atoms with Crippen LogP contribution >= 0.6 is 11.6 Å². The van der Waals surface area contributed by atoms with Crippen LogP contribution in [0.15, 0.2) is 48.6 Å². The van der Waals surface area contributed by atoms with Crippen LogP contribution in [0.1, 0.15) is 6.92 Å². The highest BCUT2D eigenvalue weighted by molar-refractivity contribution is 6.31. The maximum Gasteiger partial charge on any atom is 0.284 e. The number of nitrogens with zero attached hydrogens (tertiary/aromatic N) is 3. The lowest BCUT2D eigenvalue weighted by atomic mass is 10.1. The molecule has 2 unspecified atom stereocenters. The number of halogens is 3. The van der Waals surface area contributed by atoms with Crippen molar-refractivity contribution < 1.29 is 27.8 Å². The minimum atomic E-state index is -0.923. The van der Waals surface area contributed by atoms with E-state index in [4.69, 9.17) is 25.8 Å². The lowest BCUT2D eigenvalue weighted by Crippen LogP contribution is -2.36. The number of hydrogen-bond acceptors (Lipinski definition) is 8. The summed E-state index contributed by atoms with van der Waals surface area (Å²) in [6.07, 6.45) is 2.53. The highest BCUT2D eigenvalue weighted by Gasteiger charge is 2.36. The molecule has 1 aromatic heterocycles. The number of carbonyl (C=O) groups is 1. The van der Waals surface area contributed by atoms with E-state index in [1.54, 1.807) is 19.1 Å². The van der Waals surface area contributed by atoms with Crippen LogP contribution in [0.5, 0.6) is 5.75 Å². The molecular formula is C26H26ClF2N5O4. The summed E-state index contributed by atoms with van der Waals surface area (Å²) in [5, 5.41) is 6.14. The number of likely N-dealkylation sites (tertiary alicyclic amines) is 1. The highest BCUT2D eigenvalue weighted by atomic mass is 35.5. The van der Waals surface area contributed by atoms with E-state index in [1.165, 1.54) is 30.6 Å². The third kappa shape index (κ3) is 5.86. The van der Waals surface area contributed by atoms with Crippen LogP contribution in [-0.2, 0) is 14.3 Å². The predicted octanol–water partition coefficient (Wildman–Crippen LogP) is 4.46. The summed E-state index contributed by atoms with van der Waals surface area (Å²) in [6.45, 7) is 4.69. The first-order chi connectivity index (χ1) is 18.4. The van der Waals surface area contributed by atoms with E-state index < -0.39 is 17.6 Å². The van der Waals surface area contributed by atoms with Crippen molar-refractivity contribution >= 4 is 45.6 Å². The Hall–Kier alpha value is -3.38. The summed E-state index contributed by atoms with van der Waals surface area (Å²) in [4.78, 5) is 23.3. The van der Waals surface area contributed by atoms with Gasteiger partial charge in [-0.25, -0.2) is 18.7 Å². The number of aromatic nitrogens is 2. The second-order valence-corrected chi connectivity index (χ2v) is 9.23. The molecule has 3 heterocycles. The van der Waals surface area contributed by atoms with E-state index in [0.717, 1.165) is 0 Å². The number of ether oxygens (including phenoxy) is 3. The molecule has 0 bridgehead atoms. The molecule has 2 atom stereocenters. The van der Waals surface area contributed by atoms with Gasteiger partial charge in [0.15, 0.2) is 5.83 Å². The third-order valence-corrected chi connectivity index (χ3v) is 6.54. The smallest absolute Gasteiger partial charge is 0.284 e. The molecule has 2 fully saturated rings. The summed E-state index contributed by atoms with van der Waals surface area (Å²) >= 11 is 5.90. The molecule has 0 radical (unpaired) electrons. The van der Waals surface area contributed by atoms with Gasteiger partial charge in [-0.05, 0) is 37.3 Å². The topological polar surface area (TPSA) is 97.8 Å². The Kier molecular flexibility index (Phi) is 7.98. The van der Waals surface area contributed by atoms with Gasteiger partial charge >= 0.3 is 0 Å². The molecule has 0 saturated carbocycles. The monoisotopic (exact) mass is 545 g/mol. The van der Waals surface area contributed by atoms with E-state index >= 15 is 0 Å². The fraction of sp³-hybridized carbons (Fsp3) is 0.346. The Morgan fingerprint density at radius 2 is 1.97 bits per heavy atom. The largest absolute Gasteiger partial charge is 0.492 e. The number of nitrogens with one attached hydrogen (secondary N) is 2. The van der Waals surface area contributed by atoms with Crippen LogP contribution in [0.25, 0.3) is 10.9 Å². The zero-order valence-electron chi connectivity index (χ0n) is 20.5. The number of amides is 1. The van der Waals surface area contributed by atoms with E-state index in [0.29, 0.717) is 61.1 Å². The van der Waals surface area contributed by atoms with Gasteiger partial charge in [0.05, 0.1) is 48.3 Å². The van der Waals surface area contributed by atoms with Crippen molar-refractivity contribution in [2.45, 2.75) is 19.1 Å². The molecule has 2 N–H and O–H groups in total. The molecular weight excluding hydrogens is 520 g/mol. The molecule has 0 aliphatic carbocycles. The number of anilines is 3. The second-order valence-electron chi connectivity index (χ2n) is 8.82. The van der Waals surface area contributed by atoms with Crippen LogP contribution in [0.3, 0.4) is 0 Å². The first-order valence-electron chi connectivity index (χ1n) is 12.2. The summed E-state index contributed by atoms with van der Waals surface area (Å²) < 4.78 is 45.4. The fourth-order valence-corrected chi connectivity index (χ4v) is 4.62. The Morgan fingerprint density at radius 1 is 1.21 bits per heavy atom. The van der Waals surface area contributed by atoms with Crippen LogP contribution in [0.4, 0.5) is 26.0 Å². The van der Waals surface area contributed by atoms with Gasteiger partial charge < -0.3 is 24.8 Å². The zero-order valence-corrected chi connectivity index (χ0v) is 21.3. The van der Waals surface area contributed by atoms with Crippen molar-refractivity contribution in [3.63, 3.8) is 0 Å². The predicted molar refractivity (Wildman–Crippen MR) is 139 cm³/mol. The molecule has 2 aliphatic rings. The summed E-state index contributed by atoms with van der Waals surface area (Å²) in [5.74, 6) is -1.67. The number of hydrogen-bond donors (Lipinski definition) is 2. The van der Waals surface area contributed by atoms with Crippen molar-refractivity contribution in [3.05, 3.63) is 59.4 Å². The normalized spacial score (nSPS) is 19.8. The number of rotatable bonds is 8. The molecule has 1 amide bonds. The van der Waals surface area contributed by atoms with Gasteiger partial charge in [0, 0.05) is 36.8 Å². The van der Waals surface area contributed by atoms with Gasteiger partial charge in [0.25, 0.3) is 5.91 Å². The molecule has 2 aromatic carbocycles. The van der Waals surface area contributed by atoms with Crippen molar-refractivity contribution in [1.82, 2.24) is 14.9 Å². The summed E-state index contributed by atoms with van der Waals surface area (Å²) in [6, 6.07) is 7.40. The van der Waals surface area contributed by atoms with Crippen LogP contribution in [-0.4, -0.2) is 72.4 Å². The molecule has 38 heavy (non-hydrogen) atoms. The maximum atomic E-state index is 14.8. The zero-order chi connectivity index (χ0) is 26.6. The SMILES string of the molecule is CCOc1cc2ncnc(Nc3ccc(F)c(Cl)c3)c2cc1NC(=O)/C(F)=C/CN1CC2OCCOC2C1. The van der Waals surface area contributed by atoms with E-state index in [9.17, 15) is 13.6 Å². The van der Waals surface area contributed by atoms with Crippen LogP contribution < -0.4 is 15.4 Å². The van der Waals surface area contributed by atoms with Crippen LogP contribution in [0.2, 0.25) is 5.02 Å². The van der Waals surface area contributed by atoms with Gasteiger partial charge in [0.1, 0.15) is 23.7 Å². The van der Waals surface area contributed by atoms with E-state index in [1.807, 2.05) is 4.90 Å². The van der Waals surface area contributed by atoms with E-state index in [-0.39, 0.29) is 29.5 Å². The molecule has 12 heteroatoms. The molecule has 2 saturated heterocycles.